The number of amides is 2. The normalized spacial score (nSPS) is 11.2. The number of fused-ring (bicyclic) bond motifs is 1. The number of aryl methyl sites for hydroxylation is 1. The van der Waals surface area contributed by atoms with Crippen molar-refractivity contribution in [1.29, 1.82) is 0 Å². The van der Waals surface area contributed by atoms with Gasteiger partial charge in [0, 0.05) is 37.1 Å². The molecular weight excluding hydrogens is 372 g/mol. The Labute approximate surface area is 169 Å². The number of H-pyrrole nitrogens is 1. The highest BCUT2D eigenvalue weighted by molar-refractivity contribution is 7.17. The van der Waals surface area contributed by atoms with E-state index in [1.54, 1.807) is 4.90 Å². The molecule has 2 amide bonds. The Morgan fingerprint density at radius 3 is 2.75 bits per heavy atom. The molecule has 0 saturated heterocycles. The minimum atomic E-state index is -0.144. The molecule has 7 heteroatoms. The number of hydrogen-bond acceptors (Lipinski definition) is 4. The van der Waals surface area contributed by atoms with E-state index in [1.165, 1.54) is 29.2 Å². The van der Waals surface area contributed by atoms with Gasteiger partial charge in [0.1, 0.15) is 4.88 Å². The van der Waals surface area contributed by atoms with E-state index >= 15 is 0 Å². The maximum Gasteiger partial charge on any atom is 0.263 e. The van der Waals surface area contributed by atoms with Crippen LogP contribution in [0.2, 0.25) is 0 Å². The number of carbonyl (C=O) groups is 2. The number of thiazole rings is 1. The van der Waals surface area contributed by atoms with Crippen LogP contribution in [0.3, 0.4) is 0 Å². The zero-order valence-electron chi connectivity index (χ0n) is 16.7. The molecule has 1 aromatic carbocycles. The molecule has 2 heterocycles. The lowest BCUT2D eigenvalue weighted by Crippen LogP contribution is -2.32. The second-order valence-electron chi connectivity index (χ2n) is 7.30. The lowest BCUT2D eigenvalue weighted by Gasteiger charge is -2.19. The van der Waals surface area contributed by atoms with Crippen LogP contribution in [0.5, 0.6) is 0 Å². The summed E-state index contributed by atoms with van der Waals surface area (Å²) in [6.07, 6.45) is 2.73. The predicted molar refractivity (Wildman–Crippen MR) is 114 cm³/mol. The first-order valence-electron chi connectivity index (χ1n) is 9.45. The summed E-state index contributed by atoms with van der Waals surface area (Å²) in [5.41, 5.74) is 2.93. The number of para-hydroxylation sites is 1. The third kappa shape index (κ3) is 4.42. The molecular formula is C21H26N4O2S. The highest BCUT2D eigenvalue weighted by atomic mass is 32.1. The number of anilines is 1. The van der Waals surface area contributed by atoms with E-state index in [-0.39, 0.29) is 11.8 Å². The van der Waals surface area contributed by atoms with Crippen LogP contribution in [0.4, 0.5) is 5.13 Å². The van der Waals surface area contributed by atoms with E-state index in [4.69, 9.17) is 0 Å². The van der Waals surface area contributed by atoms with E-state index < -0.39 is 0 Å². The van der Waals surface area contributed by atoms with E-state index in [2.05, 4.69) is 35.2 Å². The second-order valence-corrected chi connectivity index (χ2v) is 8.28. The van der Waals surface area contributed by atoms with Crippen molar-refractivity contribution in [3.8, 4) is 0 Å². The Hall–Kier alpha value is -2.67. The molecule has 148 valence electrons. The zero-order valence-corrected chi connectivity index (χ0v) is 17.5. The smallest absolute Gasteiger partial charge is 0.263 e. The second kappa shape index (κ2) is 8.56. The fourth-order valence-electron chi connectivity index (χ4n) is 3.14. The van der Waals surface area contributed by atoms with Crippen molar-refractivity contribution in [1.82, 2.24) is 15.3 Å². The highest BCUT2D eigenvalue weighted by Gasteiger charge is 2.21. The predicted octanol–water partition coefficient (Wildman–Crippen LogP) is 3.91. The van der Waals surface area contributed by atoms with Gasteiger partial charge in [-0.15, -0.1) is 0 Å². The van der Waals surface area contributed by atoms with Crippen molar-refractivity contribution in [2.24, 2.45) is 5.92 Å². The minimum Gasteiger partial charge on any atom is -0.361 e. The quantitative estimate of drug-likeness (QED) is 0.633. The van der Waals surface area contributed by atoms with Crippen LogP contribution in [0.15, 0.2) is 30.5 Å². The van der Waals surface area contributed by atoms with Gasteiger partial charge < -0.3 is 10.3 Å². The number of hydrogen-bond donors (Lipinski definition) is 2. The molecule has 0 aliphatic carbocycles. The third-order valence-electron chi connectivity index (χ3n) is 4.51. The van der Waals surface area contributed by atoms with Gasteiger partial charge in [-0.25, -0.2) is 4.98 Å². The molecule has 0 bridgehead atoms. The molecule has 0 radical (unpaired) electrons. The molecule has 0 spiro atoms. The molecule has 0 saturated carbocycles. The number of nitrogens with zero attached hydrogens (tertiary/aromatic N) is 2. The number of aromatic amines is 1. The summed E-state index contributed by atoms with van der Waals surface area (Å²) < 4.78 is 0. The summed E-state index contributed by atoms with van der Waals surface area (Å²) in [7, 11) is 0. The minimum absolute atomic E-state index is 0.0613. The van der Waals surface area contributed by atoms with Crippen LogP contribution >= 0.6 is 11.3 Å². The summed E-state index contributed by atoms with van der Waals surface area (Å²) in [6, 6.07) is 8.13. The average Bonchev–Trinajstić information content (AvgIpc) is 3.23. The lowest BCUT2D eigenvalue weighted by atomic mass is 10.1. The van der Waals surface area contributed by atoms with Crippen LogP contribution in [-0.4, -0.2) is 34.9 Å². The van der Waals surface area contributed by atoms with Gasteiger partial charge in [0.2, 0.25) is 5.91 Å². The molecule has 2 N–H and O–H groups in total. The molecule has 0 unspecified atom stereocenters. The van der Waals surface area contributed by atoms with E-state index in [9.17, 15) is 9.59 Å². The Bertz CT molecular complexity index is 989. The Kier molecular flexibility index (Phi) is 6.14. The van der Waals surface area contributed by atoms with Crippen LogP contribution in [0.25, 0.3) is 10.9 Å². The van der Waals surface area contributed by atoms with Crippen molar-refractivity contribution >= 4 is 39.2 Å². The van der Waals surface area contributed by atoms with E-state index in [0.29, 0.717) is 34.7 Å². The first-order chi connectivity index (χ1) is 13.4. The summed E-state index contributed by atoms with van der Waals surface area (Å²) in [4.78, 5) is 34.5. The Morgan fingerprint density at radius 1 is 1.29 bits per heavy atom. The van der Waals surface area contributed by atoms with Gasteiger partial charge in [0.05, 0.1) is 5.69 Å². The average molecular weight is 399 g/mol. The molecule has 0 aliphatic rings. The summed E-state index contributed by atoms with van der Waals surface area (Å²) in [5.74, 6) is 0.115. The molecule has 28 heavy (non-hydrogen) atoms. The molecule has 6 nitrogen and oxygen atoms in total. The monoisotopic (exact) mass is 398 g/mol. The molecule has 3 aromatic rings. The number of rotatable bonds is 7. The van der Waals surface area contributed by atoms with Crippen molar-refractivity contribution in [3.05, 3.63) is 46.6 Å². The van der Waals surface area contributed by atoms with Gasteiger partial charge in [-0.05, 0) is 30.9 Å². The Balaban J connectivity index is 1.66. The number of aromatic nitrogens is 2. The molecule has 0 aliphatic heterocycles. The largest absolute Gasteiger partial charge is 0.361 e. The van der Waals surface area contributed by atoms with Crippen LogP contribution in [-0.2, 0) is 11.2 Å². The molecule has 3 rings (SSSR count). The van der Waals surface area contributed by atoms with Gasteiger partial charge in [-0.3, -0.25) is 14.5 Å². The summed E-state index contributed by atoms with van der Waals surface area (Å²) in [6.45, 7) is 8.56. The van der Waals surface area contributed by atoms with Crippen molar-refractivity contribution in [2.45, 2.75) is 34.1 Å². The van der Waals surface area contributed by atoms with Gasteiger partial charge in [-0.1, -0.05) is 43.4 Å². The number of benzene rings is 1. The van der Waals surface area contributed by atoms with Crippen molar-refractivity contribution < 1.29 is 9.59 Å². The molecule has 2 aromatic heterocycles. The highest BCUT2D eigenvalue weighted by Crippen LogP contribution is 2.27. The van der Waals surface area contributed by atoms with Crippen molar-refractivity contribution in [2.75, 3.05) is 18.0 Å². The first kappa shape index (κ1) is 20.1. The van der Waals surface area contributed by atoms with Crippen LogP contribution in [0.1, 0.15) is 41.7 Å². The summed E-state index contributed by atoms with van der Waals surface area (Å²) in [5, 5.41) is 4.74. The van der Waals surface area contributed by atoms with Gasteiger partial charge in [0.25, 0.3) is 5.91 Å². The topological polar surface area (TPSA) is 78.1 Å². The third-order valence-corrected chi connectivity index (χ3v) is 5.68. The standard InChI is InChI=1S/C21H26N4O2S/c1-13(2)12-25(15(4)26)21-24-14(3)19(28-21)20(27)22-10-9-16-11-23-18-8-6-5-7-17(16)18/h5-8,11,13,23H,9-10,12H2,1-4H3,(H,22,27). The Morgan fingerprint density at radius 2 is 2.04 bits per heavy atom. The zero-order chi connectivity index (χ0) is 20.3. The van der Waals surface area contributed by atoms with Gasteiger partial charge in [-0.2, -0.15) is 0 Å². The first-order valence-corrected chi connectivity index (χ1v) is 10.3. The van der Waals surface area contributed by atoms with E-state index in [1.807, 2.05) is 31.3 Å². The van der Waals surface area contributed by atoms with Crippen molar-refractivity contribution in [3.63, 3.8) is 0 Å². The summed E-state index contributed by atoms with van der Waals surface area (Å²) >= 11 is 1.27. The van der Waals surface area contributed by atoms with Crippen LogP contribution in [0, 0.1) is 12.8 Å². The fourth-order valence-corrected chi connectivity index (χ4v) is 4.18. The lowest BCUT2D eigenvalue weighted by molar-refractivity contribution is -0.116. The number of carbonyl (C=O) groups excluding carboxylic acids is 2. The van der Waals surface area contributed by atoms with E-state index in [0.717, 1.165) is 11.9 Å². The maximum atomic E-state index is 12.6. The van der Waals surface area contributed by atoms with Gasteiger partial charge >= 0.3 is 0 Å². The molecule has 0 fully saturated rings. The maximum absolute atomic E-state index is 12.6. The van der Waals surface area contributed by atoms with Crippen LogP contribution < -0.4 is 10.2 Å². The molecule has 0 atom stereocenters. The number of nitrogens with one attached hydrogen (secondary N) is 2. The fraction of sp³-hybridized carbons (Fsp3) is 0.381. The SMILES string of the molecule is CC(=O)N(CC(C)C)c1nc(C)c(C(=O)NCCc2c[nH]c3ccccc23)s1. The van der Waals surface area contributed by atoms with Gasteiger partial charge in [0.15, 0.2) is 5.13 Å².